The molecule has 25 heavy (non-hydrogen) atoms. The van der Waals surface area contributed by atoms with Crippen LogP contribution in [0.4, 0.5) is 0 Å². The van der Waals surface area contributed by atoms with E-state index in [0.717, 1.165) is 66.6 Å². The molecule has 3 heterocycles. The first kappa shape index (κ1) is 18.4. The first-order valence-corrected chi connectivity index (χ1v) is 9.31. The summed E-state index contributed by atoms with van der Waals surface area (Å²) in [4.78, 5) is 14.8. The molecule has 2 atom stereocenters. The summed E-state index contributed by atoms with van der Waals surface area (Å²) in [6.45, 7) is 3.89. The Morgan fingerprint density at radius 1 is 1.12 bits per heavy atom. The molecular formula is C18H22BrClN4O. The SMILES string of the molecule is Cl.O=C(c1cc(-c2ccc(Br)cc2)n[nH]1)N1CC[C@@H]2CNC[C@@H]2CC1. The van der Waals surface area contributed by atoms with Crippen LogP contribution in [0.3, 0.4) is 0 Å². The number of H-pyrrole nitrogens is 1. The first-order chi connectivity index (χ1) is 11.7. The predicted octanol–water partition coefficient (Wildman–Crippen LogP) is 3.33. The molecule has 2 fully saturated rings. The van der Waals surface area contributed by atoms with Crippen molar-refractivity contribution in [3.63, 3.8) is 0 Å². The van der Waals surface area contributed by atoms with Crippen molar-refractivity contribution >= 4 is 34.2 Å². The van der Waals surface area contributed by atoms with Gasteiger partial charge in [-0.05, 0) is 56.0 Å². The van der Waals surface area contributed by atoms with Crippen LogP contribution in [0.15, 0.2) is 34.8 Å². The maximum absolute atomic E-state index is 12.8. The highest BCUT2D eigenvalue weighted by molar-refractivity contribution is 9.10. The largest absolute Gasteiger partial charge is 0.337 e. The van der Waals surface area contributed by atoms with Gasteiger partial charge in [0.1, 0.15) is 5.69 Å². The number of nitrogens with one attached hydrogen (secondary N) is 2. The summed E-state index contributed by atoms with van der Waals surface area (Å²) in [7, 11) is 0. The predicted molar refractivity (Wildman–Crippen MR) is 104 cm³/mol. The lowest BCUT2D eigenvalue weighted by Crippen LogP contribution is -2.33. The number of hydrogen-bond acceptors (Lipinski definition) is 3. The molecule has 2 saturated heterocycles. The molecule has 134 valence electrons. The van der Waals surface area contributed by atoms with Gasteiger partial charge in [-0.3, -0.25) is 9.89 Å². The maximum Gasteiger partial charge on any atom is 0.271 e. The molecular weight excluding hydrogens is 404 g/mol. The molecule has 2 N–H and O–H groups in total. The Kier molecular flexibility index (Phi) is 5.81. The van der Waals surface area contributed by atoms with Crippen LogP contribution in [0.25, 0.3) is 11.3 Å². The lowest BCUT2D eigenvalue weighted by Gasteiger charge is -2.19. The molecule has 2 aromatic rings. The molecule has 0 spiro atoms. The third kappa shape index (κ3) is 3.91. The summed E-state index contributed by atoms with van der Waals surface area (Å²) < 4.78 is 1.03. The van der Waals surface area contributed by atoms with E-state index in [0.29, 0.717) is 5.69 Å². The highest BCUT2D eigenvalue weighted by Crippen LogP contribution is 2.28. The number of halogens is 2. The van der Waals surface area contributed by atoms with Crippen LogP contribution in [0.1, 0.15) is 23.3 Å². The summed E-state index contributed by atoms with van der Waals surface area (Å²) in [5, 5.41) is 10.7. The number of hydrogen-bond donors (Lipinski definition) is 2. The number of aromatic nitrogens is 2. The minimum Gasteiger partial charge on any atom is -0.337 e. The molecule has 0 radical (unpaired) electrons. The Hall–Kier alpha value is -1.37. The molecule has 1 aromatic carbocycles. The van der Waals surface area contributed by atoms with Gasteiger partial charge in [0.05, 0.1) is 5.69 Å². The molecule has 1 aromatic heterocycles. The molecule has 2 aliphatic rings. The van der Waals surface area contributed by atoms with Gasteiger partial charge in [0.2, 0.25) is 0 Å². The van der Waals surface area contributed by atoms with Crippen LogP contribution in [0.2, 0.25) is 0 Å². The summed E-state index contributed by atoms with van der Waals surface area (Å²) in [6.07, 6.45) is 2.19. The van der Waals surface area contributed by atoms with Gasteiger partial charge < -0.3 is 10.2 Å². The van der Waals surface area contributed by atoms with Crippen LogP contribution < -0.4 is 5.32 Å². The molecule has 1 amide bonds. The fourth-order valence-corrected chi connectivity index (χ4v) is 4.06. The zero-order valence-electron chi connectivity index (χ0n) is 13.9. The summed E-state index contributed by atoms with van der Waals surface area (Å²) >= 11 is 3.43. The summed E-state index contributed by atoms with van der Waals surface area (Å²) in [5.41, 5.74) is 2.39. The van der Waals surface area contributed by atoms with Crippen LogP contribution >= 0.6 is 28.3 Å². The molecule has 5 nitrogen and oxygen atoms in total. The van der Waals surface area contributed by atoms with Gasteiger partial charge in [-0.1, -0.05) is 28.1 Å². The second kappa shape index (κ2) is 7.89. The molecule has 0 aliphatic carbocycles. The molecule has 2 aliphatic heterocycles. The number of carbonyl (C=O) groups is 1. The smallest absolute Gasteiger partial charge is 0.271 e. The summed E-state index contributed by atoms with van der Waals surface area (Å²) in [6, 6.07) is 9.81. The number of amides is 1. The fraction of sp³-hybridized carbons (Fsp3) is 0.444. The Morgan fingerprint density at radius 2 is 1.76 bits per heavy atom. The number of benzene rings is 1. The van der Waals surface area contributed by atoms with Gasteiger partial charge in [-0.2, -0.15) is 5.10 Å². The summed E-state index contributed by atoms with van der Waals surface area (Å²) in [5.74, 6) is 1.52. The normalized spacial score (nSPS) is 22.8. The topological polar surface area (TPSA) is 61.0 Å². The van der Waals surface area contributed by atoms with Crippen LogP contribution in [0, 0.1) is 11.8 Å². The molecule has 7 heteroatoms. The quantitative estimate of drug-likeness (QED) is 0.776. The van der Waals surface area contributed by atoms with E-state index in [1.807, 2.05) is 35.2 Å². The van der Waals surface area contributed by atoms with Crippen molar-refractivity contribution in [2.24, 2.45) is 11.8 Å². The zero-order valence-corrected chi connectivity index (χ0v) is 16.3. The minimum atomic E-state index is 0. The number of fused-ring (bicyclic) bond motifs is 1. The van der Waals surface area contributed by atoms with Crippen molar-refractivity contribution in [3.8, 4) is 11.3 Å². The Bertz CT molecular complexity index is 719. The van der Waals surface area contributed by atoms with Gasteiger partial charge in [0.15, 0.2) is 0 Å². The average molecular weight is 426 g/mol. The number of nitrogens with zero attached hydrogens (tertiary/aromatic N) is 2. The lowest BCUT2D eigenvalue weighted by molar-refractivity contribution is 0.0752. The standard InChI is InChI=1S/C18H21BrN4O.ClH/c19-15-3-1-12(2-4-15)16-9-17(22-21-16)18(24)23-7-5-13-10-20-11-14(13)6-8-23;/h1-4,9,13-14,20H,5-8,10-11H2,(H,21,22);1H/t13-,14+;. The van der Waals surface area contributed by atoms with E-state index >= 15 is 0 Å². The van der Waals surface area contributed by atoms with E-state index in [-0.39, 0.29) is 18.3 Å². The van der Waals surface area contributed by atoms with E-state index in [4.69, 9.17) is 0 Å². The second-order valence-electron chi connectivity index (χ2n) is 6.72. The van der Waals surface area contributed by atoms with Crippen molar-refractivity contribution in [1.82, 2.24) is 20.4 Å². The number of aromatic amines is 1. The van der Waals surface area contributed by atoms with Gasteiger partial charge in [-0.15, -0.1) is 12.4 Å². The molecule has 0 saturated carbocycles. The van der Waals surface area contributed by atoms with Crippen LogP contribution in [0.5, 0.6) is 0 Å². The molecule has 4 rings (SSSR count). The van der Waals surface area contributed by atoms with E-state index in [1.54, 1.807) is 0 Å². The fourth-order valence-electron chi connectivity index (χ4n) is 3.79. The van der Waals surface area contributed by atoms with Crippen molar-refractivity contribution < 1.29 is 4.79 Å². The highest BCUT2D eigenvalue weighted by Gasteiger charge is 2.32. The Labute approximate surface area is 162 Å². The van der Waals surface area contributed by atoms with Crippen LogP contribution in [-0.2, 0) is 0 Å². The Balaban J connectivity index is 0.00000182. The third-order valence-corrected chi connectivity index (χ3v) is 5.78. The van der Waals surface area contributed by atoms with Gasteiger partial charge >= 0.3 is 0 Å². The van der Waals surface area contributed by atoms with E-state index < -0.39 is 0 Å². The van der Waals surface area contributed by atoms with Crippen molar-refractivity contribution in [1.29, 1.82) is 0 Å². The number of rotatable bonds is 2. The van der Waals surface area contributed by atoms with Gasteiger partial charge in [0.25, 0.3) is 5.91 Å². The third-order valence-electron chi connectivity index (χ3n) is 5.25. The Morgan fingerprint density at radius 3 is 2.40 bits per heavy atom. The highest BCUT2D eigenvalue weighted by atomic mass is 79.9. The van der Waals surface area contributed by atoms with Crippen LogP contribution in [-0.4, -0.2) is 47.2 Å². The monoisotopic (exact) mass is 424 g/mol. The van der Waals surface area contributed by atoms with Gasteiger partial charge in [0, 0.05) is 23.1 Å². The van der Waals surface area contributed by atoms with Crippen molar-refractivity contribution in [3.05, 3.63) is 40.5 Å². The van der Waals surface area contributed by atoms with E-state index in [9.17, 15) is 4.79 Å². The zero-order chi connectivity index (χ0) is 16.5. The van der Waals surface area contributed by atoms with E-state index in [2.05, 4.69) is 31.4 Å². The average Bonchev–Trinajstić information content (AvgIpc) is 3.21. The van der Waals surface area contributed by atoms with Gasteiger partial charge in [-0.25, -0.2) is 0 Å². The minimum absolute atomic E-state index is 0. The van der Waals surface area contributed by atoms with Crippen molar-refractivity contribution in [2.75, 3.05) is 26.2 Å². The number of likely N-dealkylation sites (tertiary alicyclic amines) is 1. The second-order valence-corrected chi connectivity index (χ2v) is 7.64. The van der Waals surface area contributed by atoms with E-state index in [1.165, 1.54) is 0 Å². The maximum atomic E-state index is 12.8. The first-order valence-electron chi connectivity index (χ1n) is 8.52. The molecule has 0 unspecified atom stereocenters. The number of carbonyl (C=O) groups excluding carboxylic acids is 1. The van der Waals surface area contributed by atoms with Crippen molar-refractivity contribution in [2.45, 2.75) is 12.8 Å². The molecule has 0 bridgehead atoms. The lowest BCUT2D eigenvalue weighted by atomic mass is 9.92.